The molecule has 0 aromatic carbocycles. The third-order valence-corrected chi connectivity index (χ3v) is 2.47. The number of esters is 1. The molecule has 0 bridgehead atoms. The van der Waals surface area contributed by atoms with Crippen LogP contribution in [0.25, 0.3) is 0 Å². The summed E-state index contributed by atoms with van der Waals surface area (Å²) in [5.74, 6) is -0.208. The minimum atomic E-state index is -0.798. The molecule has 0 aliphatic carbocycles. The summed E-state index contributed by atoms with van der Waals surface area (Å²) < 4.78 is 15.5. The minimum absolute atomic E-state index is 0.0904. The Kier molecular flexibility index (Phi) is 4.50. The van der Waals surface area contributed by atoms with Gasteiger partial charge >= 0.3 is 5.97 Å². The van der Waals surface area contributed by atoms with Gasteiger partial charge in [-0.3, -0.25) is 4.79 Å². The Morgan fingerprint density at radius 3 is 2.87 bits per heavy atom. The zero-order chi connectivity index (χ0) is 11.4. The maximum Gasteiger partial charge on any atom is 0.302 e. The van der Waals surface area contributed by atoms with E-state index in [9.17, 15) is 4.79 Å². The van der Waals surface area contributed by atoms with Crippen molar-refractivity contribution in [1.82, 2.24) is 0 Å². The Hall–Kier alpha value is -0.650. The summed E-state index contributed by atoms with van der Waals surface area (Å²) >= 11 is 0. The molecule has 1 fully saturated rings. The van der Waals surface area contributed by atoms with Crippen LogP contribution in [-0.2, 0) is 19.0 Å². The van der Waals surface area contributed by atoms with Gasteiger partial charge in [0.05, 0.1) is 19.3 Å². The summed E-state index contributed by atoms with van der Waals surface area (Å²) in [5.41, 5.74) is 0. The average molecular weight is 218 g/mol. The second-order valence-corrected chi connectivity index (χ2v) is 3.81. The van der Waals surface area contributed by atoms with E-state index in [1.54, 1.807) is 6.92 Å². The van der Waals surface area contributed by atoms with Gasteiger partial charge in [-0.15, -0.1) is 0 Å². The smallest absolute Gasteiger partial charge is 0.302 e. The number of carbonyl (C=O) groups is 1. The van der Waals surface area contributed by atoms with Gasteiger partial charge in [0, 0.05) is 12.8 Å². The van der Waals surface area contributed by atoms with Crippen LogP contribution in [0.5, 0.6) is 0 Å². The molecule has 1 aliphatic heterocycles. The molecule has 0 radical (unpaired) electrons. The number of ether oxygens (including phenoxy) is 3. The van der Waals surface area contributed by atoms with E-state index >= 15 is 0 Å². The fourth-order valence-corrected chi connectivity index (χ4v) is 1.55. The molecule has 2 unspecified atom stereocenters. The highest BCUT2D eigenvalue weighted by atomic mass is 16.6. The molecular formula is C10H18O5. The van der Waals surface area contributed by atoms with Crippen molar-refractivity contribution < 1.29 is 24.1 Å². The van der Waals surface area contributed by atoms with Gasteiger partial charge in [-0.05, 0) is 6.92 Å². The molecule has 0 spiro atoms. The molecule has 15 heavy (non-hydrogen) atoms. The SMILES string of the molecule is CC(=O)O[C@H]1CO[C@H](COC(C)O)C1C. The number of hydrogen-bond acceptors (Lipinski definition) is 5. The van der Waals surface area contributed by atoms with Gasteiger partial charge in [0.25, 0.3) is 0 Å². The van der Waals surface area contributed by atoms with Gasteiger partial charge in [-0.25, -0.2) is 0 Å². The number of hydrogen-bond donors (Lipinski definition) is 1. The topological polar surface area (TPSA) is 65.0 Å². The van der Waals surface area contributed by atoms with Crippen molar-refractivity contribution in [2.45, 2.75) is 39.3 Å². The zero-order valence-electron chi connectivity index (χ0n) is 9.30. The fraction of sp³-hybridized carbons (Fsp3) is 0.900. The van der Waals surface area contributed by atoms with Gasteiger partial charge in [-0.1, -0.05) is 6.92 Å². The van der Waals surface area contributed by atoms with Crippen LogP contribution in [0.3, 0.4) is 0 Å². The predicted molar refractivity (Wildman–Crippen MR) is 52.1 cm³/mol. The number of aliphatic hydroxyl groups excluding tert-OH is 1. The number of carbonyl (C=O) groups excluding carboxylic acids is 1. The molecule has 0 saturated carbocycles. The molecule has 0 amide bonds. The van der Waals surface area contributed by atoms with Gasteiger partial charge in [0.1, 0.15) is 6.10 Å². The molecule has 1 aliphatic rings. The van der Waals surface area contributed by atoms with Crippen molar-refractivity contribution in [3.8, 4) is 0 Å². The van der Waals surface area contributed by atoms with E-state index in [1.165, 1.54) is 6.92 Å². The zero-order valence-corrected chi connectivity index (χ0v) is 9.30. The number of aliphatic hydroxyl groups is 1. The highest BCUT2D eigenvalue weighted by molar-refractivity contribution is 5.66. The van der Waals surface area contributed by atoms with Crippen LogP contribution in [-0.4, -0.2) is 42.8 Å². The Morgan fingerprint density at radius 2 is 2.33 bits per heavy atom. The molecule has 1 heterocycles. The molecule has 1 N–H and O–H groups in total. The van der Waals surface area contributed by atoms with Crippen molar-refractivity contribution in [1.29, 1.82) is 0 Å². The third-order valence-electron chi connectivity index (χ3n) is 2.47. The molecule has 1 rings (SSSR count). The molecule has 5 nitrogen and oxygen atoms in total. The standard InChI is InChI=1S/C10H18O5/c1-6-9(4-13-7(2)11)14-5-10(6)15-8(3)12/h6-7,9-11H,4-5H2,1-3H3/t6?,7?,9-,10+/m1/s1. The molecule has 0 aromatic rings. The third kappa shape index (κ3) is 3.77. The fourth-order valence-electron chi connectivity index (χ4n) is 1.55. The van der Waals surface area contributed by atoms with E-state index < -0.39 is 6.29 Å². The van der Waals surface area contributed by atoms with Gasteiger partial charge in [0.2, 0.25) is 0 Å². The molecule has 1 saturated heterocycles. The summed E-state index contributed by atoms with van der Waals surface area (Å²) in [4.78, 5) is 10.8. The second-order valence-electron chi connectivity index (χ2n) is 3.81. The van der Waals surface area contributed by atoms with E-state index in [1.807, 2.05) is 6.92 Å². The Morgan fingerprint density at radius 1 is 1.67 bits per heavy atom. The van der Waals surface area contributed by atoms with Crippen molar-refractivity contribution in [3.05, 3.63) is 0 Å². The minimum Gasteiger partial charge on any atom is -0.460 e. The first-order chi connectivity index (χ1) is 7.00. The Labute approximate surface area is 89.3 Å². The highest BCUT2D eigenvalue weighted by Gasteiger charge is 2.36. The van der Waals surface area contributed by atoms with Gasteiger partial charge in [0.15, 0.2) is 6.29 Å². The highest BCUT2D eigenvalue weighted by Crippen LogP contribution is 2.24. The van der Waals surface area contributed by atoms with E-state index in [0.717, 1.165) is 0 Å². The molecular weight excluding hydrogens is 200 g/mol. The summed E-state index contributed by atoms with van der Waals surface area (Å²) in [5, 5.41) is 8.95. The molecule has 5 heteroatoms. The van der Waals surface area contributed by atoms with Crippen molar-refractivity contribution in [2.24, 2.45) is 5.92 Å². The lowest BCUT2D eigenvalue weighted by molar-refractivity contribution is -0.147. The van der Waals surface area contributed by atoms with Gasteiger partial charge < -0.3 is 19.3 Å². The van der Waals surface area contributed by atoms with Gasteiger partial charge in [-0.2, -0.15) is 0 Å². The van der Waals surface area contributed by atoms with Crippen molar-refractivity contribution in [2.75, 3.05) is 13.2 Å². The predicted octanol–water partition coefficient (Wildman–Crippen LogP) is 0.308. The van der Waals surface area contributed by atoms with E-state index in [-0.39, 0.29) is 24.1 Å². The van der Waals surface area contributed by atoms with Crippen LogP contribution in [0, 0.1) is 5.92 Å². The maximum atomic E-state index is 10.8. The van der Waals surface area contributed by atoms with Crippen LogP contribution in [0.4, 0.5) is 0 Å². The Bertz CT molecular complexity index is 216. The van der Waals surface area contributed by atoms with E-state index in [2.05, 4.69) is 0 Å². The van der Waals surface area contributed by atoms with Crippen LogP contribution >= 0.6 is 0 Å². The quantitative estimate of drug-likeness (QED) is 0.543. The van der Waals surface area contributed by atoms with Crippen LogP contribution < -0.4 is 0 Å². The lowest BCUT2D eigenvalue weighted by Crippen LogP contribution is -2.29. The number of rotatable bonds is 4. The molecule has 4 atom stereocenters. The normalized spacial score (nSPS) is 32.7. The van der Waals surface area contributed by atoms with E-state index in [0.29, 0.717) is 13.2 Å². The monoisotopic (exact) mass is 218 g/mol. The molecule has 0 aromatic heterocycles. The first-order valence-electron chi connectivity index (χ1n) is 5.09. The first kappa shape index (κ1) is 12.4. The summed E-state index contributed by atoms with van der Waals surface area (Å²) in [6.45, 7) is 5.58. The second kappa shape index (κ2) is 5.44. The van der Waals surface area contributed by atoms with Crippen molar-refractivity contribution in [3.63, 3.8) is 0 Å². The van der Waals surface area contributed by atoms with Crippen molar-refractivity contribution >= 4 is 5.97 Å². The first-order valence-corrected chi connectivity index (χ1v) is 5.09. The summed E-state index contributed by atoms with van der Waals surface area (Å²) in [7, 11) is 0. The van der Waals surface area contributed by atoms with Crippen LogP contribution in [0.1, 0.15) is 20.8 Å². The summed E-state index contributed by atoms with van der Waals surface area (Å²) in [6.07, 6.45) is -1.12. The maximum absolute atomic E-state index is 10.8. The molecule has 88 valence electrons. The Balaban J connectivity index is 2.35. The average Bonchev–Trinajstić information content (AvgIpc) is 2.44. The summed E-state index contributed by atoms with van der Waals surface area (Å²) in [6, 6.07) is 0. The lowest BCUT2D eigenvalue weighted by Gasteiger charge is -2.18. The van der Waals surface area contributed by atoms with E-state index in [4.69, 9.17) is 19.3 Å². The van der Waals surface area contributed by atoms with Crippen LogP contribution in [0.2, 0.25) is 0 Å². The lowest BCUT2D eigenvalue weighted by atomic mass is 10.0. The van der Waals surface area contributed by atoms with Crippen LogP contribution in [0.15, 0.2) is 0 Å². The largest absolute Gasteiger partial charge is 0.460 e.